The average molecular weight is 1120 g/mol. The normalized spacial score (nSPS) is 16.8. The number of anilines is 2. The number of piperazine rings is 2. The van der Waals surface area contributed by atoms with Crippen LogP contribution in [0.3, 0.4) is 0 Å². The number of hydrogen-bond donors (Lipinski definition) is 3. The lowest BCUT2D eigenvalue weighted by Crippen LogP contribution is -2.52. The molecule has 3 fully saturated rings. The fourth-order valence-electron chi connectivity index (χ4n) is 11.2. The molecule has 3 saturated heterocycles. The van der Waals surface area contributed by atoms with Crippen LogP contribution < -0.4 is 19.9 Å². The first-order valence-electron chi connectivity index (χ1n) is 26.9. The molecule has 10 rings (SSSR count). The molecule has 3 N–H and O–H groups in total. The smallest absolute Gasteiger partial charge is 0.405 e. The fourth-order valence-corrected chi connectivity index (χ4v) is 11.4. The Kier molecular flexibility index (Phi) is 16.5. The van der Waals surface area contributed by atoms with Crippen molar-refractivity contribution in [1.29, 1.82) is 0 Å². The molecule has 422 valence electrons. The molecule has 0 unspecified atom stereocenters. The number of likely N-dealkylation sites (tertiary alicyclic amines) is 1. The van der Waals surface area contributed by atoms with Crippen LogP contribution in [-0.4, -0.2) is 170 Å². The second-order valence-electron chi connectivity index (χ2n) is 21.0. The molecule has 2 aromatic heterocycles. The maximum absolute atomic E-state index is 13.9. The van der Waals surface area contributed by atoms with Crippen molar-refractivity contribution in [3.8, 4) is 34.6 Å². The molecule has 4 aromatic carbocycles. The Bertz CT molecular complexity index is 3280. The molecular formula is C57H63ClF4N12O6. The molecule has 6 heterocycles. The molecule has 0 bridgehead atoms. The summed E-state index contributed by atoms with van der Waals surface area (Å²) < 4.78 is 60.8. The number of phenolic OH excluding ortho intramolecular Hbond substituents is 2. The van der Waals surface area contributed by atoms with Gasteiger partial charge in [0.1, 0.15) is 30.5 Å². The number of benzene rings is 4. The highest BCUT2D eigenvalue weighted by Crippen LogP contribution is 2.40. The lowest BCUT2D eigenvalue weighted by Gasteiger charge is -2.38. The Morgan fingerprint density at radius 2 is 1.52 bits per heavy atom. The van der Waals surface area contributed by atoms with Gasteiger partial charge in [0.25, 0.3) is 11.8 Å². The molecule has 4 aliphatic heterocycles. The number of alkyl halides is 3. The van der Waals surface area contributed by atoms with Gasteiger partial charge >= 0.3 is 12.2 Å². The summed E-state index contributed by atoms with van der Waals surface area (Å²) in [7, 11) is 0. The summed E-state index contributed by atoms with van der Waals surface area (Å²) in [4.78, 5) is 61.7. The Morgan fingerprint density at radius 1 is 0.825 bits per heavy atom. The number of nitrogens with zero attached hydrogens (tertiary/aromatic N) is 11. The molecule has 3 amide bonds. The predicted octanol–water partition coefficient (Wildman–Crippen LogP) is 7.49. The minimum atomic E-state index is -4.67. The molecule has 4 aliphatic rings. The second kappa shape index (κ2) is 23.6. The van der Waals surface area contributed by atoms with E-state index in [9.17, 15) is 42.2 Å². The number of hydrogen-bond acceptors (Lipinski definition) is 14. The van der Waals surface area contributed by atoms with Gasteiger partial charge in [-0.2, -0.15) is 23.1 Å². The molecule has 6 aromatic rings. The molecule has 0 saturated carbocycles. The van der Waals surface area contributed by atoms with Gasteiger partial charge in [0.15, 0.2) is 11.7 Å². The highest BCUT2D eigenvalue weighted by molar-refractivity contribution is 6.36. The van der Waals surface area contributed by atoms with Crippen LogP contribution in [0.2, 0.25) is 5.02 Å². The Labute approximate surface area is 465 Å². The van der Waals surface area contributed by atoms with Gasteiger partial charge in [-0.3, -0.25) is 28.8 Å². The third-order valence-corrected chi connectivity index (χ3v) is 15.8. The zero-order valence-electron chi connectivity index (χ0n) is 44.6. The van der Waals surface area contributed by atoms with E-state index in [1.54, 1.807) is 12.1 Å². The number of rotatable bonds is 15. The third-order valence-electron chi connectivity index (χ3n) is 15.5. The first-order chi connectivity index (χ1) is 38.4. The van der Waals surface area contributed by atoms with Crippen molar-refractivity contribution in [3.05, 3.63) is 118 Å². The van der Waals surface area contributed by atoms with Gasteiger partial charge in [0, 0.05) is 106 Å². The van der Waals surface area contributed by atoms with E-state index in [1.165, 1.54) is 15.5 Å². The van der Waals surface area contributed by atoms with Gasteiger partial charge in [0.05, 0.1) is 22.8 Å². The van der Waals surface area contributed by atoms with Crippen molar-refractivity contribution in [3.63, 3.8) is 0 Å². The molecule has 0 aliphatic carbocycles. The molecular weight excluding hydrogens is 1060 g/mol. The van der Waals surface area contributed by atoms with Gasteiger partial charge in [-0.25, -0.2) is 4.39 Å². The monoisotopic (exact) mass is 1120 g/mol. The molecule has 0 radical (unpaired) electrons. The molecule has 80 heavy (non-hydrogen) atoms. The van der Waals surface area contributed by atoms with Crippen molar-refractivity contribution in [1.82, 2.24) is 49.6 Å². The summed E-state index contributed by atoms with van der Waals surface area (Å²) in [5.74, 6) is -3.08. The third kappa shape index (κ3) is 12.3. The fraction of sp³-hybridized carbons (Fsp3) is 0.421. The van der Waals surface area contributed by atoms with Crippen LogP contribution in [0.25, 0.3) is 27.8 Å². The van der Waals surface area contributed by atoms with Crippen LogP contribution in [0, 0.1) is 5.92 Å². The van der Waals surface area contributed by atoms with Crippen molar-refractivity contribution in [2.24, 2.45) is 5.92 Å². The zero-order valence-corrected chi connectivity index (χ0v) is 45.3. The molecule has 23 heteroatoms. The summed E-state index contributed by atoms with van der Waals surface area (Å²) >= 11 is 6.76. The Hall–Kier alpha value is -7.56. The minimum Gasteiger partial charge on any atom is -0.508 e. The standard InChI is InChI=1S/C57H63ClF4N12O6/c1-35(2)42-30-43(48(76)31-47(42)75)51-66-67-52(53(77)63-34-57(60,61)62)74(51)40-12-10-37(11-13-40)32-69-17-14-39(15-18-69)55(79)72-22-20-68(21-23-72)28-29-80-56-64-45-33-73(46-9-5-7-38-6-4-8-44(58)49(38)46)19-16-41(45)50(65-56)70-24-26-71(27-25-70)54(78)36(3)59/h4-13,30-31,35,39,75-76H,3,14-29,32-34H2,1-2H3,(H,63,77). The van der Waals surface area contributed by atoms with Gasteiger partial charge in [-0.1, -0.05) is 68.4 Å². The summed E-state index contributed by atoms with van der Waals surface area (Å²) in [6, 6.07) is 22.1. The minimum absolute atomic E-state index is 0.00582. The number of phenols is 2. The number of halogens is 5. The Balaban J connectivity index is 0.733. The van der Waals surface area contributed by atoms with E-state index in [-0.39, 0.29) is 46.6 Å². The summed E-state index contributed by atoms with van der Waals surface area (Å²) in [5, 5.41) is 34.0. The highest BCUT2D eigenvalue weighted by atomic mass is 35.5. The van der Waals surface area contributed by atoms with Crippen LogP contribution in [0.15, 0.2) is 85.2 Å². The SMILES string of the molecule is C=C(F)C(=O)N1CCN(c2nc(OCCN3CCN(C(=O)C4CCN(Cc5ccc(-n6c(C(=O)NCC(F)(F)F)nnc6-c6cc(C(C)C)c(O)cc6O)cc5)CC4)CC3)nc3c2CCN(c2cccc4cccc(Cl)c24)C3)CC1. The molecule has 0 spiro atoms. The van der Waals surface area contributed by atoms with Gasteiger partial charge in [0.2, 0.25) is 11.7 Å². The largest absolute Gasteiger partial charge is 0.508 e. The number of nitrogens with one attached hydrogen (secondary N) is 1. The van der Waals surface area contributed by atoms with Gasteiger partial charge < -0.3 is 39.9 Å². The van der Waals surface area contributed by atoms with Crippen LogP contribution in [0.1, 0.15) is 65.6 Å². The van der Waals surface area contributed by atoms with E-state index in [2.05, 4.69) is 42.4 Å². The van der Waals surface area contributed by atoms with E-state index in [4.69, 9.17) is 26.3 Å². The topological polar surface area (TPSA) is 189 Å². The van der Waals surface area contributed by atoms with Gasteiger partial charge in [-0.05, 0) is 85.1 Å². The van der Waals surface area contributed by atoms with E-state index in [1.807, 2.05) is 66.5 Å². The van der Waals surface area contributed by atoms with E-state index < -0.39 is 36.2 Å². The summed E-state index contributed by atoms with van der Waals surface area (Å²) in [5.41, 5.74) is 4.77. The van der Waals surface area contributed by atoms with Crippen LogP contribution >= 0.6 is 11.6 Å². The molecule has 18 nitrogen and oxygen atoms in total. The number of aromatic hydroxyl groups is 2. The van der Waals surface area contributed by atoms with Crippen LogP contribution in [-0.2, 0) is 29.1 Å². The number of amides is 3. The maximum Gasteiger partial charge on any atom is 0.405 e. The van der Waals surface area contributed by atoms with Crippen molar-refractivity contribution >= 4 is 51.6 Å². The lowest BCUT2D eigenvalue weighted by atomic mass is 9.94. The quantitative estimate of drug-likeness (QED) is 0.0678. The number of carbonyl (C=O) groups is 3. The first kappa shape index (κ1) is 55.7. The summed E-state index contributed by atoms with van der Waals surface area (Å²) in [6.07, 6.45) is -2.61. The first-order valence-corrected chi connectivity index (χ1v) is 27.3. The van der Waals surface area contributed by atoms with Gasteiger partial charge in [-0.15, -0.1) is 10.2 Å². The van der Waals surface area contributed by atoms with E-state index in [0.29, 0.717) is 134 Å². The number of carbonyl (C=O) groups excluding carboxylic acids is 3. The number of aromatic nitrogens is 5. The average Bonchev–Trinajstić information content (AvgIpc) is 3.89. The predicted molar refractivity (Wildman–Crippen MR) is 294 cm³/mol. The van der Waals surface area contributed by atoms with E-state index in [0.717, 1.165) is 45.2 Å². The maximum atomic E-state index is 13.9. The number of ether oxygens (including phenoxy) is 1. The van der Waals surface area contributed by atoms with Crippen molar-refractivity contribution in [2.75, 3.05) is 101 Å². The molecule has 0 atom stereocenters. The summed E-state index contributed by atoms with van der Waals surface area (Å²) in [6.45, 7) is 13.5. The highest BCUT2D eigenvalue weighted by Gasteiger charge is 2.34. The zero-order chi connectivity index (χ0) is 56.4. The van der Waals surface area contributed by atoms with Crippen LogP contribution in [0.4, 0.5) is 29.1 Å². The Morgan fingerprint density at radius 3 is 2.21 bits per heavy atom. The van der Waals surface area contributed by atoms with Crippen molar-refractivity contribution in [2.45, 2.75) is 58.3 Å². The van der Waals surface area contributed by atoms with Crippen molar-refractivity contribution < 1.29 is 46.9 Å². The number of fused-ring (bicyclic) bond motifs is 2. The second-order valence-corrected chi connectivity index (χ2v) is 21.4. The van der Waals surface area contributed by atoms with Crippen LogP contribution in [0.5, 0.6) is 17.5 Å². The number of piperidine rings is 1. The lowest BCUT2D eigenvalue weighted by molar-refractivity contribution is -0.139. The van der Waals surface area contributed by atoms with E-state index >= 15 is 0 Å².